The molecule has 1 aliphatic heterocycles. The number of nitrogens with zero attached hydrogens (tertiary/aromatic N) is 3. The number of aromatic nitrogens is 3. The highest BCUT2D eigenvalue weighted by atomic mass is 16.5. The summed E-state index contributed by atoms with van der Waals surface area (Å²) in [6.07, 6.45) is 2.27. The van der Waals surface area contributed by atoms with Gasteiger partial charge >= 0.3 is 7.12 Å². The third kappa shape index (κ3) is 4.00. The summed E-state index contributed by atoms with van der Waals surface area (Å²) >= 11 is 0. The number of carbonyl (C=O) groups is 2. The predicted molar refractivity (Wildman–Crippen MR) is 94.9 cm³/mol. The molecule has 3 rings (SSSR count). The molecule has 0 spiro atoms. The first kappa shape index (κ1) is 18.3. The maximum Gasteiger partial charge on any atom is 0.526 e. The quantitative estimate of drug-likeness (QED) is 0.545. The van der Waals surface area contributed by atoms with Gasteiger partial charge in [-0.25, -0.2) is 4.98 Å². The number of nitrogens with two attached hydrogens (primary N) is 1. The van der Waals surface area contributed by atoms with Crippen LogP contribution in [0.4, 0.5) is 0 Å². The summed E-state index contributed by atoms with van der Waals surface area (Å²) in [5.41, 5.74) is 6.73. The summed E-state index contributed by atoms with van der Waals surface area (Å²) in [5, 5.41) is 14.5. The van der Waals surface area contributed by atoms with Gasteiger partial charge in [0.2, 0.25) is 0 Å². The fourth-order valence-electron chi connectivity index (χ4n) is 3.13. The van der Waals surface area contributed by atoms with Crippen LogP contribution in [0.15, 0.2) is 24.5 Å². The van der Waals surface area contributed by atoms with Crippen LogP contribution in [-0.2, 0) is 24.2 Å². The largest absolute Gasteiger partial charge is 0.535 e. The molecule has 0 aliphatic carbocycles. The van der Waals surface area contributed by atoms with Crippen molar-refractivity contribution < 1.29 is 19.3 Å². The Morgan fingerprint density at radius 3 is 3.00 bits per heavy atom. The van der Waals surface area contributed by atoms with Gasteiger partial charge in [-0.15, -0.1) is 0 Å². The number of hydrogen-bond acceptors (Lipinski definition) is 7. The molecule has 2 aromatic rings. The maximum atomic E-state index is 12.3. The van der Waals surface area contributed by atoms with Crippen molar-refractivity contribution in [2.75, 3.05) is 6.54 Å². The minimum Gasteiger partial charge on any atom is -0.535 e. The molecule has 0 amide bonds. The van der Waals surface area contributed by atoms with E-state index in [9.17, 15) is 14.6 Å². The molecule has 0 fully saturated rings. The number of hydrogen-bond donors (Lipinski definition) is 2. The van der Waals surface area contributed by atoms with Crippen molar-refractivity contribution in [1.29, 1.82) is 0 Å². The fourth-order valence-corrected chi connectivity index (χ4v) is 3.13. The molecule has 9 heteroatoms. The molecule has 136 valence electrons. The summed E-state index contributed by atoms with van der Waals surface area (Å²) in [7, 11) is -1.13. The van der Waals surface area contributed by atoms with Crippen molar-refractivity contribution in [1.82, 2.24) is 14.8 Å². The molecule has 2 heterocycles. The van der Waals surface area contributed by atoms with E-state index in [4.69, 9.17) is 10.4 Å². The van der Waals surface area contributed by atoms with Gasteiger partial charge in [0, 0.05) is 18.8 Å². The first-order valence-electron chi connectivity index (χ1n) is 8.55. The second-order valence-electron chi connectivity index (χ2n) is 6.45. The first-order valence-corrected chi connectivity index (χ1v) is 8.55. The molecule has 1 aromatic carbocycles. The SMILES string of the molecule is CC(=O)c1cccc2c1OB(O)[C@@H](CC(=O)Cc1ncn(CCN)n1)C2. The number of para-hydroxylation sites is 1. The molecule has 1 aromatic heterocycles. The lowest BCUT2D eigenvalue weighted by Crippen LogP contribution is -2.36. The third-order valence-electron chi connectivity index (χ3n) is 4.39. The second kappa shape index (κ2) is 7.80. The minimum atomic E-state index is -1.13. The topological polar surface area (TPSA) is 120 Å². The standard InChI is InChI=1S/C17H21BN4O4/c1-11(23)15-4-2-3-12-7-13(18(25)26-17(12)15)8-14(24)9-16-20-10-22(21-16)6-5-19/h2-4,10,13,25H,5-9,19H2,1H3/t13-/m1/s1. The number of ketones is 2. The van der Waals surface area contributed by atoms with E-state index in [1.807, 2.05) is 6.07 Å². The summed E-state index contributed by atoms with van der Waals surface area (Å²) in [4.78, 5) is 28.1. The molecule has 0 saturated heterocycles. The van der Waals surface area contributed by atoms with Crippen LogP contribution in [0.25, 0.3) is 0 Å². The zero-order valence-electron chi connectivity index (χ0n) is 14.6. The molecular weight excluding hydrogens is 335 g/mol. The Labute approximate surface area is 151 Å². The Kier molecular flexibility index (Phi) is 5.48. The molecule has 1 atom stereocenters. The molecule has 3 N–H and O–H groups in total. The average molecular weight is 356 g/mol. The molecule has 0 radical (unpaired) electrons. The van der Waals surface area contributed by atoms with E-state index < -0.39 is 7.12 Å². The third-order valence-corrected chi connectivity index (χ3v) is 4.39. The van der Waals surface area contributed by atoms with Gasteiger partial charge in [-0.05, 0) is 25.0 Å². The Morgan fingerprint density at radius 1 is 1.46 bits per heavy atom. The predicted octanol–water partition coefficient (Wildman–Crippen LogP) is 0.427. The van der Waals surface area contributed by atoms with Gasteiger partial charge in [-0.2, -0.15) is 5.10 Å². The van der Waals surface area contributed by atoms with E-state index in [-0.39, 0.29) is 30.2 Å². The molecule has 0 unspecified atom stereocenters. The van der Waals surface area contributed by atoms with Gasteiger partial charge < -0.3 is 15.4 Å². The number of benzene rings is 1. The van der Waals surface area contributed by atoms with Crippen LogP contribution in [0.2, 0.25) is 5.82 Å². The number of fused-ring (bicyclic) bond motifs is 1. The van der Waals surface area contributed by atoms with E-state index in [1.54, 1.807) is 23.1 Å². The zero-order valence-corrected chi connectivity index (χ0v) is 14.6. The highest BCUT2D eigenvalue weighted by molar-refractivity contribution is 6.47. The van der Waals surface area contributed by atoms with Crippen LogP contribution in [0.1, 0.15) is 35.1 Å². The van der Waals surface area contributed by atoms with Gasteiger partial charge in [0.15, 0.2) is 11.6 Å². The summed E-state index contributed by atoms with van der Waals surface area (Å²) in [6.45, 7) is 2.45. The van der Waals surface area contributed by atoms with E-state index in [1.165, 1.54) is 6.92 Å². The van der Waals surface area contributed by atoms with Crippen LogP contribution in [0.5, 0.6) is 5.75 Å². The normalized spacial score (nSPS) is 16.1. The lowest BCUT2D eigenvalue weighted by atomic mass is 9.64. The summed E-state index contributed by atoms with van der Waals surface area (Å²) < 4.78 is 7.16. The van der Waals surface area contributed by atoms with Crippen molar-refractivity contribution in [3.8, 4) is 5.75 Å². The lowest BCUT2D eigenvalue weighted by Gasteiger charge is -2.28. The van der Waals surface area contributed by atoms with Crippen molar-refractivity contribution in [3.05, 3.63) is 41.5 Å². The van der Waals surface area contributed by atoms with Crippen molar-refractivity contribution in [2.45, 2.75) is 38.5 Å². The Morgan fingerprint density at radius 2 is 2.27 bits per heavy atom. The number of rotatable bonds is 7. The Hall–Kier alpha value is -2.52. The first-order chi connectivity index (χ1) is 12.5. The van der Waals surface area contributed by atoms with Gasteiger partial charge in [0.25, 0.3) is 0 Å². The van der Waals surface area contributed by atoms with Gasteiger partial charge in [0.05, 0.1) is 18.5 Å². The van der Waals surface area contributed by atoms with E-state index >= 15 is 0 Å². The van der Waals surface area contributed by atoms with E-state index in [2.05, 4.69) is 10.1 Å². The summed E-state index contributed by atoms with van der Waals surface area (Å²) in [5.74, 6) is 0.285. The number of carbonyl (C=O) groups excluding carboxylic acids is 2. The monoisotopic (exact) mass is 356 g/mol. The molecule has 26 heavy (non-hydrogen) atoms. The van der Waals surface area contributed by atoms with E-state index in [0.29, 0.717) is 36.6 Å². The van der Waals surface area contributed by atoms with Crippen LogP contribution in [0, 0.1) is 0 Å². The minimum absolute atomic E-state index is 0.0747. The summed E-state index contributed by atoms with van der Waals surface area (Å²) in [6, 6.07) is 5.30. The second-order valence-corrected chi connectivity index (χ2v) is 6.45. The fraction of sp³-hybridized carbons (Fsp3) is 0.412. The average Bonchev–Trinajstić information content (AvgIpc) is 3.02. The molecule has 1 aliphatic rings. The molecular formula is C17H21BN4O4. The van der Waals surface area contributed by atoms with Crippen LogP contribution < -0.4 is 10.4 Å². The highest BCUT2D eigenvalue weighted by Crippen LogP contribution is 2.36. The van der Waals surface area contributed by atoms with Crippen LogP contribution >= 0.6 is 0 Å². The van der Waals surface area contributed by atoms with Gasteiger partial charge in [0.1, 0.15) is 17.9 Å². The van der Waals surface area contributed by atoms with Gasteiger partial charge in [-0.3, -0.25) is 14.3 Å². The maximum absolute atomic E-state index is 12.3. The van der Waals surface area contributed by atoms with Gasteiger partial charge in [-0.1, -0.05) is 12.1 Å². The van der Waals surface area contributed by atoms with E-state index in [0.717, 1.165) is 5.56 Å². The van der Waals surface area contributed by atoms with Crippen molar-refractivity contribution in [3.63, 3.8) is 0 Å². The molecule has 0 saturated carbocycles. The lowest BCUT2D eigenvalue weighted by molar-refractivity contribution is -0.118. The molecule has 8 nitrogen and oxygen atoms in total. The van der Waals surface area contributed by atoms with Crippen molar-refractivity contribution in [2.24, 2.45) is 5.73 Å². The van der Waals surface area contributed by atoms with Crippen LogP contribution in [0.3, 0.4) is 0 Å². The Bertz CT molecular complexity index is 823. The Balaban J connectivity index is 1.66. The highest BCUT2D eigenvalue weighted by Gasteiger charge is 2.37. The zero-order chi connectivity index (χ0) is 18.7. The number of Topliss-reactive ketones (excluding diaryl/α,β-unsaturated/α-hetero) is 2. The van der Waals surface area contributed by atoms with Crippen molar-refractivity contribution >= 4 is 18.7 Å². The van der Waals surface area contributed by atoms with Crippen LogP contribution in [-0.4, -0.2) is 45.0 Å². The molecule has 0 bridgehead atoms. The smallest absolute Gasteiger partial charge is 0.526 e.